The molecule has 6 rings (SSSR count). The lowest BCUT2D eigenvalue weighted by Gasteiger charge is -2.35. The maximum Gasteiger partial charge on any atom is 0.187 e. The van der Waals surface area contributed by atoms with Crippen LogP contribution < -0.4 is 0 Å². The second-order valence-corrected chi connectivity index (χ2v) is 9.24. The van der Waals surface area contributed by atoms with Gasteiger partial charge in [-0.3, -0.25) is 4.79 Å². The summed E-state index contributed by atoms with van der Waals surface area (Å²) < 4.78 is 4.58. The molecule has 0 amide bonds. The van der Waals surface area contributed by atoms with Crippen LogP contribution in [0.3, 0.4) is 0 Å². The van der Waals surface area contributed by atoms with Crippen molar-refractivity contribution in [1.82, 2.24) is 0 Å². The minimum Gasteiger partial charge on any atom is -0.473 e. The normalized spacial score (nSPS) is 20.1. The average Bonchev–Trinajstić information content (AvgIpc) is 3.44. The number of carbonyl (C=O) groups is 1. The molecule has 3 aliphatic carbocycles. The molecule has 0 saturated carbocycles. The molecule has 2 unspecified atom stereocenters. The number of aryl methyl sites for hydroxylation is 1. The largest absolute Gasteiger partial charge is 0.473 e. The Kier molecular flexibility index (Phi) is 6.06. The van der Waals surface area contributed by atoms with E-state index in [4.69, 9.17) is 0 Å². The number of carbonyl (C=O) groups excluding carboxylic acids is 1. The zero-order valence-electron chi connectivity index (χ0n) is 20.0. The van der Waals surface area contributed by atoms with Gasteiger partial charge < -0.3 is 4.42 Å². The van der Waals surface area contributed by atoms with Gasteiger partial charge in [0.25, 0.3) is 0 Å². The van der Waals surface area contributed by atoms with E-state index in [1.165, 1.54) is 33.4 Å². The zero-order chi connectivity index (χ0) is 23.7. The lowest BCUT2D eigenvalue weighted by Crippen LogP contribution is -2.22. The fourth-order valence-corrected chi connectivity index (χ4v) is 5.63. The van der Waals surface area contributed by atoms with E-state index in [9.17, 15) is 4.79 Å². The van der Waals surface area contributed by atoms with Crippen molar-refractivity contribution in [1.29, 1.82) is 0 Å². The molecule has 2 heteroatoms. The number of furan rings is 1. The van der Waals surface area contributed by atoms with E-state index in [-0.39, 0.29) is 11.7 Å². The van der Waals surface area contributed by atoms with Gasteiger partial charge in [0.2, 0.25) is 0 Å². The highest BCUT2D eigenvalue weighted by molar-refractivity contribution is 6.15. The summed E-state index contributed by atoms with van der Waals surface area (Å²) in [7, 11) is 0. The lowest BCUT2D eigenvalue weighted by atomic mass is 9.68. The number of benzene rings is 2. The molecule has 3 aromatic rings. The number of hydrogen-bond donors (Lipinski definition) is 0. The van der Waals surface area contributed by atoms with Crippen LogP contribution in [0.5, 0.6) is 0 Å². The minimum atomic E-state index is 0.127. The number of fused-ring (bicyclic) bond motifs is 5. The van der Waals surface area contributed by atoms with Crippen LogP contribution in [0.15, 0.2) is 107 Å². The number of hydrogen-bond acceptors (Lipinski definition) is 2. The van der Waals surface area contributed by atoms with E-state index in [0.717, 1.165) is 29.5 Å². The van der Waals surface area contributed by atoms with Gasteiger partial charge in [-0.15, -0.1) is 0 Å². The van der Waals surface area contributed by atoms with Crippen molar-refractivity contribution in [2.45, 2.75) is 45.4 Å². The van der Waals surface area contributed by atoms with Gasteiger partial charge in [0.1, 0.15) is 0 Å². The highest BCUT2D eigenvalue weighted by Crippen LogP contribution is 2.48. The van der Waals surface area contributed by atoms with Crippen molar-refractivity contribution in [3.63, 3.8) is 0 Å². The minimum absolute atomic E-state index is 0.127. The Balaban J connectivity index is 0.000000429. The summed E-state index contributed by atoms with van der Waals surface area (Å²) in [6, 6.07) is 16.7. The van der Waals surface area contributed by atoms with Crippen LogP contribution >= 0.6 is 0 Å². The Labute approximate surface area is 202 Å². The lowest BCUT2D eigenvalue weighted by molar-refractivity contribution is 0.104. The van der Waals surface area contributed by atoms with Crippen molar-refractivity contribution in [2.75, 3.05) is 0 Å². The molecule has 170 valence electrons. The third-order valence-corrected chi connectivity index (χ3v) is 7.23. The summed E-state index contributed by atoms with van der Waals surface area (Å²) in [5.74, 6) is 0.678. The van der Waals surface area contributed by atoms with Crippen molar-refractivity contribution < 1.29 is 9.21 Å². The molecule has 34 heavy (non-hydrogen) atoms. The topological polar surface area (TPSA) is 30.2 Å². The van der Waals surface area contributed by atoms with Crippen LogP contribution in [0, 0.1) is 6.92 Å². The first-order valence-corrected chi connectivity index (χ1v) is 12.1. The molecular weight excluding hydrogens is 416 g/mol. The highest BCUT2D eigenvalue weighted by atomic mass is 16.3. The standard InChI is InChI=1S/C28H26O.C4H4O/c1-4-20-18(3)15-25(21-11-7-5-9-17(21)2)27-23(20)13-14-24-22-12-8-6-10-19(22)16-26(29)28(24)27;1-2-4-5-3-1/h5-9,11-16,20,25H,4,10H2,1-3H3;1-4H. The molecule has 3 aliphatic rings. The van der Waals surface area contributed by atoms with Crippen LogP contribution in [0.2, 0.25) is 0 Å². The maximum atomic E-state index is 13.4. The van der Waals surface area contributed by atoms with Crippen molar-refractivity contribution >= 4 is 11.4 Å². The number of rotatable bonds is 2. The highest BCUT2D eigenvalue weighted by Gasteiger charge is 2.34. The van der Waals surface area contributed by atoms with Crippen LogP contribution in [0.4, 0.5) is 0 Å². The van der Waals surface area contributed by atoms with Gasteiger partial charge in [0.15, 0.2) is 5.78 Å². The quantitative estimate of drug-likeness (QED) is 0.370. The Morgan fingerprint density at radius 1 is 0.971 bits per heavy atom. The van der Waals surface area contributed by atoms with Gasteiger partial charge in [-0.05, 0) is 83.9 Å². The van der Waals surface area contributed by atoms with Gasteiger partial charge in [0.05, 0.1) is 12.5 Å². The fourth-order valence-electron chi connectivity index (χ4n) is 5.63. The molecule has 1 heterocycles. The molecular formula is C32H30O2. The van der Waals surface area contributed by atoms with Crippen LogP contribution in [0.1, 0.15) is 76.7 Å². The molecule has 0 fully saturated rings. The van der Waals surface area contributed by atoms with E-state index < -0.39 is 0 Å². The summed E-state index contributed by atoms with van der Waals surface area (Å²) in [6.45, 7) is 6.66. The van der Waals surface area contributed by atoms with Crippen LogP contribution in [-0.4, -0.2) is 5.78 Å². The van der Waals surface area contributed by atoms with Crippen molar-refractivity contribution in [3.8, 4) is 0 Å². The Morgan fingerprint density at radius 3 is 2.47 bits per heavy atom. The van der Waals surface area contributed by atoms with Gasteiger partial charge in [-0.1, -0.05) is 73.2 Å². The third-order valence-electron chi connectivity index (χ3n) is 7.23. The average molecular weight is 447 g/mol. The molecule has 0 bridgehead atoms. The van der Waals surface area contributed by atoms with E-state index in [1.54, 1.807) is 12.5 Å². The first-order valence-electron chi connectivity index (χ1n) is 12.1. The fraction of sp³-hybridized carbons (Fsp3) is 0.219. The summed E-state index contributed by atoms with van der Waals surface area (Å²) in [4.78, 5) is 13.4. The van der Waals surface area contributed by atoms with Crippen LogP contribution in [-0.2, 0) is 0 Å². The molecule has 0 radical (unpaired) electrons. The summed E-state index contributed by atoms with van der Waals surface area (Å²) in [6.07, 6.45) is 15.8. The summed E-state index contributed by atoms with van der Waals surface area (Å²) in [5.41, 5.74) is 10.9. The first kappa shape index (κ1) is 22.2. The van der Waals surface area contributed by atoms with Gasteiger partial charge >= 0.3 is 0 Å². The predicted octanol–water partition coefficient (Wildman–Crippen LogP) is 8.33. The number of ketones is 1. The second kappa shape index (κ2) is 9.30. The molecule has 0 spiro atoms. The summed E-state index contributed by atoms with van der Waals surface area (Å²) >= 11 is 0. The zero-order valence-corrected chi connectivity index (χ0v) is 20.0. The van der Waals surface area contributed by atoms with Gasteiger partial charge in [-0.25, -0.2) is 0 Å². The van der Waals surface area contributed by atoms with Gasteiger partial charge in [0, 0.05) is 17.4 Å². The first-order chi connectivity index (χ1) is 16.6. The van der Waals surface area contributed by atoms with E-state index in [2.05, 4.69) is 85.9 Å². The van der Waals surface area contributed by atoms with E-state index >= 15 is 0 Å². The predicted molar refractivity (Wildman–Crippen MR) is 139 cm³/mol. The van der Waals surface area contributed by atoms with Crippen molar-refractivity contribution in [3.05, 3.63) is 136 Å². The Morgan fingerprint density at radius 2 is 1.76 bits per heavy atom. The number of allylic oxidation sites excluding steroid dienone is 8. The molecule has 0 N–H and O–H groups in total. The SMILES string of the molecule is CCC1C(C)=CC(c2ccccc2C)c2c1ccc1c2C(=O)C=C2CC=CC=C21.c1ccoc1. The molecule has 0 aliphatic heterocycles. The summed E-state index contributed by atoms with van der Waals surface area (Å²) in [5, 5.41) is 0. The molecule has 2 atom stereocenters. The smallest absolute Gasteiger partial charge is 0.187 e. The molecule has 2 nitrogen and oxygen atoms in total. The van der Waals surface area contributed by atoms with E-state index in [1.807, 2.05) is 18.2 Å². The Hall–Kier alpha value is -3.65. The monoisotopic (exact) mass is 446 g/mol. The van der Waals surface area contributed by atoms with Gasteiger partial charge in [-0.2, -0.15) is 0 Å². The van der Waals surface area contributed by atoms with E-state index in [0.29, 0.717) is 5.92 Å². The molecule has 2 aromatic carbocycles. The molecule has 0 saturated heterocycles. The van der Waals surface area contributed by atoms with Crippen LogP contribution in [0.25, 0.3) is 5.57 Å². The third kappa shape index (κ3) is 3.84. The second-order valence-electron chi connectivity index (χ2n) is 9.24. The Bertz CT molecular complexity index is 1330. The molecule has 1 aromatic heterocycles. The van der Waals surface area contributed by atoms with Crippen molar-refractivity contribution in [2.24, 2.45) is 0 Å². The maximum absolute atomic E-state index is 13.4.